The van der Waals surface area contributed by atoms with Gasteiger partial charge in [-0.1, -0.05) is 12.1 Å². The van der Waals surface area contributed by atoms with E-state index in [0.29, 0.717) is 0 Å². The van der Waals surface area contributed by atoms with Gasteiger partial charge in [0.2, 0.25) is 0 Å². The van der Waals surface area contributed by atoms with E-state index in [1.54, 1.807) is 11.8 Å². The summed E-state index contributed by atoms with van der Waals surface area (Å²) in [6.07, 6.45) is 4.88. The van der Waals surface area contributed by atoms with E-state index >= 15 is 0 Å². The molecule has 1 aliphatic heterocycles. The molecule has 0 amide bonds. The van der Waals surface area contributed by atoms with Crippen LogP contribution in [-0.2, 0) is 6.54 Å². The first-order valence-electron chi connectivity index (χ1n) is 5.24. The number of rotatable bonds is 3. The fourth-order valence-corrected chi connectivity index (χ4v) is 2.34. The Labute approximate surface area is 90.5 Å². The Hall–Kier alpha value is -0.470. The lowest BCUT2D eigenvalue weighted by Crippen LogP contribution is -2.18. The van der Waals surface area contributed by atoms with Crippen molar-refractivity contribution in [2.45, 2.75) is 24.3 Å². The van der Waals surface area contributed by atoms with Gasteiger partial charge in [0.15, 0.2) is 0 Å². The predicted molar refractivity (Wildman–Crippen MR) is 62.7 cm³/mol. The molecule has 14 heavy (non-hydrogen) atoms. The number of hydrogen-bond acceptors (Lipinski definition) is 2. The van der Waals surface area contributed by atoms with Crippen LogP contribution in [0.4, 0.5) is 0 Å². The quantitative estimate of drug-likeness (QED) is 0.701. The lowest BCUT2D eigenvalue weighted by Gasteiger charge is -2.14. The summed E-state index contributed by atoms with van der Waals surface area (Å²) in [6.45, 7) is 3.70. The van der Waals surface area contributed by atoms with E-state index in [2.05, 4.69) is 35.4 Å². The van der Waals surface area contributed by atoms with Gasteiger partial charge in [0, 0.05) is 11.4 Å². The lowest BCUT2D eigenvalue weighted by atomic mass is 10.2. The molecule has 0 saturated carbocycles. The van der Waals surface area contributed by atoms with E-state index in [-0.39, 0.29) is 0 Å². The zero-order valence-corrected chi connectivity index (χ0v) is 9.52. The Bertz CT molecular complexity index is 275. The zero-order valence-electron chi connectivity index (χ0n) is 8.70. The van der Waals surface area contributed by atoms with Crippen LogP contribution in [0.25, 0.3) is 0 Å². The molecule has 0 N–H and O–H groups in total. The monoisotopic (exact) mass is 207 g/mol. The largest absolute Gasteiger partial charge is 0.299 e. The third-order valence-corrected chi connectivity index (χ3v) is 3.51. The van der Waals surface area contributed by atoms with Crippen molar-refractivity contribution in [1.82, 2.24) is 4.90 Å². The molecule has 1 aromatic carbocycles. The summed E-state index contributed by atoms with van der Waals surface area (Å²) < 4.78 is 0. The Balaban J connectivity index is 1.95. The minimum Gasteiger partial charge on any atom is -0.299 e. The van der Waals surface area contributed by atoms with Crippen molar-refractivity contribution in [1.29, 1.82) is 0 Å². The smallest absolute Gasteiger partial charge is 0.0233 e. The van der Waals surface area contributed by atoms with Gasteiger partial charge in [0.25, 0.3) is 0 Å². The van der Waals surface area contributed by atoms with Crippen molar-refractivity contribution < 1.29 is 0 Å². The van der Waals surface area contributed by atoms with Crippen molar-refractivity contribution >= 4 is 11.8 Å². The first-order chi connectivity index (χ1) is 6.88. The topological polar surface area (TPSA) is 3.24 Å². The molecule has 0 bridgehead atoms. The van der Waals surface area contributed by atoms with Gasteiger partial charge in [-0.05, 0) is 49.9 Å². The Morgan fingerprint density at radius 1 is 1.14 bits per heavy atom. The fourth-order valence-electron chi connectivity index (χ4n) is 1.93. The van der Waals surface area contributed by atoms with Gasteiger partial charge in [-0.3, -0.25) is 4.90 Å². The molecule has 1 heterocycles. The van der Waals surface area contributed by atoms with Gasteiger partial charge >= 0.3 is 0 Å². The van der Waals surface area contributed by atoms with Crippen LogP contribution in [0.1, 0.15) is 18.4 Å². The molecule has 1 fully saturated rings. The summed E-state index contributed by atoms with van der Waals surface area (Å²) in [5, 5.41) is 0. The van der Waals surface area contributed by atoms with Crippen molar-refractivity contribution in [2.75, 3.05) is 19.3 Å². The van der Waals surface area contributed by atoms with E-state index in [9.17, 15) is 0 Å². The standard InChI is InChI=1S/C12H17NS/c1-14-12-6-4-11(5-7-12)10-13-8-2-3-9-13/h4-7H,2-3,8-10H2,1H3. The van der Waals surface area contributed by atoms with E-state index in [4.69, 9.17) is 0 Å². The molecule has 0 spiro atoms. The molecule has 2 rings (SSSR count). The minimum absolute atomic E-state index is 1.13. The molecule has 1 aromatic rings. The summed E-state index contributed by atoms with van der Waals surface area (Å²) in [4.78, 5) is 3.89. The summed E-state index contributed by atoms with van der Waals surface area (Å²) in [7, 11) is 0. The van der Waals surface area contributed by atoms with E-state index in [1.165, 1.54) is 36.4 Å². The van der Waals surface area contributed by atoms with Crippen molar-refractivity contribution in [3.63, 3.8) is 0 Å². The van der Waals surface area contributed by atoms with Gasteiger partial charge < -0.3 is 0 Å². The molecule has 1 saturated heterocycles. The normalized spacial score (nSPS) is 17.5. The predicted octanol–water partition coefficient (Wildman–Crippen LogP) is 3.00. The first kappa shape index (κ1) is 10.1. The maximum atomic E-state index is 2.54. The first-order valence-corrected chi connectivity index (χ1v) is 6.46. The van der Waals surface area contributed by atoms with Crippen LogP contribution in [0.2, 0.25) is 0 Å². The summed E-state index contributed by atoms with van der Waals surface area (Å²) in [5.41, 5.74) is 1.45. The van der Waals surface area contributed by atoms with Crippen LogP contribution >= 0.6 is 11.8 Å². The SMILES string of the molecule is CSc1ccc(CN2CCCC2)cc1. The van der Waals surface area contributed by atoms with Gasteiger partial charge in [0.05, 0.1) is 0 Å². The third kappa shape index (κ3) is 2.52. The summed E-state index contributed by atoms with van der Waals surface area (Å²) in [6, 6.07) is 8.94. The van der Waals surface area contributed by atoms with Gasteiger partial charge in [-0.2, -0.15) is 0 Å². The number of likely N-dealkylation sites (tertiary alicyclic amines) is 1. The second kappa shape index (κ2) is 4.85. The van der Waals surface area contributed by atoms with Crippen LogP contribution in [0.5, 0.6) is 0 Å². The summed E-state index contributed by atoms with van der Waals surface area (Å²) >= 11 is 1.81. The van der Waals surface area contributed by atoms with E-state index in [0.717, 1.165) is 6.54 Å². The molecule has 1 nitrogen and oxygen atoms in total. The minimum atomic E-state index is 1.13. The zero-order chi connectivity index (χ0) is 9.80. The highest BCUT2D eigenvalue weighted by molar-refractivity contribution is 7.98. The molecule has 0 aromatic heterocycles. The number of nitrogens with zero attached hydrogens (tertiary/aromatic N) is 1. The Kier molecular flexibility index (Phi) is 3.49. The van der Waals surface area contributed by atoms with Crippen LogP contribution in [-0.4, -0.2) is 24.2 Å². The molecule has 0 unspecified atom stereocenters. The molecule has 0 aliphatic carbocycles. The maximum absolute atomic E-state index is 2.54. The molecule has 0 radical (unpaired) electrons. The Morgan fingerprint density at radius 3 is 2.36 bits per heavy atom. The van der Waals surface area contributed by atoms with E-state index in [1.807, 2.05) is 0 Å². The molecule has 2 heteroatoms. The van der Waals surface area contributed by atoms with Crippen LogP contribution in [0.3, 0.4) is 0 Å². The molecular formula is C12H17NS. The van der Waals surface area contributed by atoms with Crippen molar-refractivity contribution in [2.24, 2.45) is 0 Å². The fraction of sp³-hybridized carbons (Fsp3) is 0.500. The Morgan fingerprint density at radius 2 is 1.79 bits per heavy atom. The van der Waals surface area contributed by atoms with Crippen molar-refractivity contribution in [3.8, 4) is 0 Å². The van der Waals surface area contributed by atoms with Crippen LogP contribution in [0.15, 0.2) is 29.2 Å². The average molecular weight is 207 g/mol. The number of hydrogen-bond donors (Lipinski definition) is 0. The van der Waals surface area contributed by atoms with Gasteiger partial charge in [0.1, 0.15) is 0 Å². The highest BCUT2D eigenvalue weighted by Crippen LogP contribution is 2.17. The second-order valence-electron chi connectivity index (χ2n) is 3.83. The van der Waals surface area contributed by atoms with Crippen LogP contribution in [0, 0.1) is 0 Å². The van der Waals surface area contributed by atoms with E-state index < -0.39 is 0 Å². The highest BCUT2D eigenvalue weighted by Gasteiger charge is 2.11. The third-order valence-electron chi connectivity index (χ3n) is 2.76. The maximum Gasteiger partial charge on any atom is 0.0233 e. The molecule has 76 valence electrons. The molecule has 1 aliphatic rings. The van der Waals surface area contributed by atoms with Crippen LogP contribution < -0.4 is 0 Å². The lowest BCUT2D eigenvalue weighted by molar-refractivity contribution is 0.331. The second-order valence-corrected chi connectivity index (χ2v) is 4.71. The highest BCUT2D eigenvalue weighted by atomic mass is 32.2. The molecular weight excluding hydrogens is 190 g/mol. The number of thioether (sulfide) groups is 1. The average Bonchev–Trinajstić information content (AvgIpc) is 2.72. The molecule has 0 atom stereocenters. The van der Waals surface area contributed by atoms with Gasteiger partial charge in [-0.15, -0.1) is 11.8 Å². The summed E-state index contributed by atoms with van der Waals surface area (Å²) in [5.74, 6) is 0. The van der Waals surface area contributed by atoms with Crippen molar-refractivity contribution in [3.05, 3.63) is 29.8 Å². The number of benzene rings is 1. The van der Waals surface area contributed by atoms with Gasteiger partial charge in [-0.25, -0.2) is 0 Å².